The number of sulfonamides is 1. The second kappa shape index (κ2) is 10.8. The lowest BCUT2D eigenvalue weighted by atomic mass is 9.96. The molecule has 1 saturated carbocycles. The van der Waals surface area contributed by atoms with Crippen LogP contribution in [0.15, 0.2) is 53.4 Å². The second-order valence-electron chi connectivity index (χ2n) is 9.15. The predicted molar refractivity (Wildman–Crippen MR) is 133 cm³/mol. The molecule has 1 aliphatic carbocycles. The normalized spacial score (nSPS) is 17.5. The summed E-state index contributed by atoms with van der Waals surface area (Å²) in [5, 5.41) is 0. The first-order chi connectivity index (χ1) is 16.8. The molecule has 188 valence electrons. The highest BCUT2D eigenvalue weighted by molar-refractivity contribution is 7.89. The van der Waals surface area contributed by atoms with E-state index in [1.54, 1.807) is 60.4 Å². The maximum absolute atomic E-state index is 13.1. The molecule has 1 heterocycles. The molecule has 35 heavy (non-hydrogen) atoms. The molecule has 0 atom stereocenters. The molecule has 9 heteroatoms. The van der Waals surface area contributed by atoms with Crippen LogP contribution in [-0.2, 0) is 10.0 Å². The molecule has 0 radical (unpaired) electrons. The number of amides is 2. The molecule has 2 aromatic carbocycles. The van der Waals surface area contributed by atoms with Crippen molar-refractivity contribution in [1.29, 1.82) is 0 Å². The van der Waals surface area contributed by atoms with Crippen LogP contribution < -0.4 is 4.74 Å². The molecule has 0 N–H and O–H groups in total. The maximum Gasteiger partial charge on any atom is 0.253 e. The largest absolute Gasteiger partial charge is 0.497 e. The highest BCUT2D eigenvalue weighted by atomic mass is 32.2. The molecule has 0 spiro atoms. The Morgan fingerprint density at radius 1 is 0.800 bits per heavy atom. The number of hydrogen-bond acceptors (Lipinski definition) is 5. The van der Waals surface area contributed by atoms with E-state index in [4.69, 9.17) is 4.74 Å². The van der Waals surface area contributed by atoms with Gasteiger partial charge in [0.25, 0.3) is 11.8 Å². The van der Waals surface area contributed by atoms with Crippen molar-refractivity contribution in [2.24, 2.45) is 0 Å². The van der Waals surface area contributed by atoms with Crippen LogP contribution in [-0.4, -0.2) is 80.7 Å². The molecule has 2 amide bonds. The van der Waals surface area contributed by atoms with Crippen LogP contribution in [0.2, 0.25) is 0 Å². The van der Waals surface area contributed by atoms with E-state index in [1.165, 1.54) is 16.4 Å². The standard InChI is InChI=1S/C26H33N3O5S/c1-27(22-6-4-3-5-7-22)35(32,33)24-14-10-21(11-15-24)26(31)29-18-16-28(17-19-29)25(30)20-8-12-23(34-2)13-9-20/h8-15,22H,3-7,16-19H2,1-2H3. The van der Waals surface area contributed by atoms with Gasteiger partial charge >= 0.3 is 0 Å². The van der Waals surface area contributed by atoms with E-state index in [0.29, 0.717) is 43.1 Å². The van der Waals surface area contributed by atoms with Gasteiger partial charge in [-0.05, 0) is 61.4 Å². The summed E-state index contributed by atoms with van der Waals surface area (Å²) >= 11 is 0. The van der Waals surface area contributed by atoms with E-state index < -0.39 is 10.0 Å². The van der Waals surface area contributed by atoms with Crippen LogP contribution in [0.3, 0.4) is 0 Å². The molecule has 1 aliphatic heterocycles. The van der Waals surface area contributed by atoms with Crippen molar-refractivity contribution in [2.75, 3.05) is 40.3 Å². The van der Waals surface area contributed by atoms with Gasteiger partial charge in [-0.2, -0.15) is 4.31 Å². The summed E-state index contributed by atoms with van der Waals surface area (Å²) in [4.78, 5) is 29.4. The van der Waals surface area contributed by atoms with Crippen molar-refractivity contribution in [3.8, 4) is 5.75 Å². The first kappa shape index (κ1) is 25.2. The molecule has 8 nitrogen and oxygen atoms in total. The highest BCUT2D eigenvalue weighted by Crippen LogP contribution is 2.26. The summed E-state index contributed by atoms with van der Waals surface area (Å²) in [5.41, 5.74) is 1.03. The minimum absolute atomic E-state index is 0.0342. The fourth-order valence-corrected chi connectivity index (χ4v) is 6.20. The van der Waals surface area contributed by atoms with Gasteiger partial charge < -0.3 is 14.5 Å². The fraction of sp³-hybridized carbons (Fsp3) is 0.462. The van der Waals surface area contributed by atoms with Crippen molar-refractivity contribution in [1.82, 2.24) is 14.1 Å². The number of piperazine rings is 1. The maximum atomic E-state index is 13.1. The Labute approximate surface area is 207 Å². The summed E-state index contributed by atoms with van der Waals surface area (Å²) in [6.07, 6.45) is 5.04. The molecular formula is C26H33N3O5S. The zero-order chi connectivity index (χ0) is 25.0. The van der Waals surface area contributed by atoms with Crippen LogP contribution >= 0.6 is 0 Å². The Morgan fingerprint density at radius 3 is 1.71 bits per heavy atom. The molecule has 4 rings (SSSR count). The van der Waals surface area contributed by atoms with Gasteiger partial charge in [0.1, 0.15) is 5.75 Å². The average Bonchev–Trinajstić information content (AvgIpc) is 2.92. The molecule has 2 aliphatic rings. The van der Waals surface area contributed by atoms with Crippen molar-refractivity contribution in [2.45, 2.75) is 43.0 Å². The Hall–Kier alpha value is -2.91. The third-order valence-corrected chi connectivity index (χ3v) is 8.98. The zero-order valence-corrected chi connectivity index (χ0v) is 21.2. The zero-order valence-electron chi connectivity index (χ0n) is 20.4. The van der Waals surface area contributed by atoms with Crippen molar-refractivity contribution < 1.29 is 22.7 Å². The van der Waals surface area contributed by atoms with E-state index >= 15 is 0 Å². The van der Waals surface area contributed by atoms with Crippen molar-refractivity contribution in [3.05, 3.63) is 59.7 Å². The molecule has 0 bridgehead atoms. The Balaban J connectivity index is 1.35. The Bertz CT molecular complexity index is 1130. The number of hydrogen-bond donors (Lipinski definition) is 0. The van der Waals surface area contributed by atoms with Crippen molar-refractivity contribution in [3.63, 3.8) is 0 Å². The van der Waals surface area contributed by atoms with Gasteiger partial charge in [-0.15, -0.1) is 0 Å². The van der Waals surface area contributed by atoms with Gasteiger partial charge in [0, 0.05) is 50.4 Å². The Morgan fingerprint density at radius 2 is 1.26 bits per heavy atom. The van der Waals surface area contributed by atoms with Gasteiger partial charge in [0.05, 0.1) is 12.0 Å². The highest BCUT2D eigenvalue weighted by Gasteiger charge is 2.30. The lowest BCUT2D eigenvalue weighted by molar-refractivity contribution is 0.0535. The molecule has 0 aromatic heterocycles. The average molecular weight is 500 g/mol. The SMILES string of the molecule is COc1ccc(C(=O)N2CCN(C(=O)c3ccc(S(=O)(=O)N(C)C4CCCCC4)cc3)CC2)cc1. The summed E-state index contributed by atoms with van der Waals surface area (Å²) in [7, 11) is -0.368. The third-order valence-electron chi connectivity index (χ3n) is 7.06. The Kier molecular flexibility index (Phi) is 7.76. The van der Waals surface area contributed by atoms with Crippen LogP contribution in [0.25, 0.3) is 0 Å². The van der Waals surface area contributed by atoms with Crippen LogP contribution in [0.1, 0.15) is 52.8 Å². The summed E-state index contributed by atoms with van der Waals surface area (Å²) < 4.78 is 32.7. The van der Waals surface area contributed by atoms with Gasteiger partial charge in [-0.3, -0.25) is 9.59 Å². The summed E-state index contributed by atoms with van der Waals surface area (Å²) in [5.74, 6) is 0.457. The van der Waals surface area contributed by atoms with Gasteiger partial charge in [0.2, 0.25) is 10.0 Å². The second-order valence-corrected chi connectivity index (χ2v) is 11.1. The fourth-order valence-electron chi connectivity index (χ4n) is 4.79. The molecule has 2 aromatic rings. The lowest BCUT2D eigenvalue weighted by Gasteiger charge is -2.35. The van der Waals surface area contributed by atoms with Crippen molar-refractivity contribution >= 4 is 21.8 Å². The first-order valence-corrected chi connectivity index (χ1v) is 13.6. The summed E-state index contributed by atoms with van der Waals surface area (Å²) in [6.45, 7) is 1.72. The number of methoxy groups -OCH3 is 1. The summed E-state index contributed by atoms with van der Waals surface area (Å²) in [6, 6.07) is 13.2. The number of rotatable bonds is 6. The smallest absolute Gasteiger partial charge is 0.253 e. The quantitative estimate of drug-likeness (QED) is 0.609. The van der Waals surface area contributed by atoms with E-state index in [0.717, 1.165) is 32.1 Å². The monoisotopic (exact) mass is 499 g/mol. The number of nitrogens with zero attached hydrogens (tertiary/aromatic N) is 3. The van der Waals surface area contributed by atoms with E-state index in [1.807, 2.05) is 0 Å². The number of carbonyl (C=O) groups is 2. The van der Waals surface area contributed by atoms with Crippen LogP contribution in [0.4, 0.5) is 0 Å². The van der Waals surface area contributed by atoms with E-state index in [-0.39, 0.29) is 22.8 Å². The minimum atomic E-state index is -3.60. The lowest BCUT2D eigenvalue weighted by Crippen LogP contribution is -2.50. The van der Waals surface area contributed by atoms with Gasteiger partial charge in [0.15, 0.2) is 0 Å². The van der Waals surface area contributed by atoms with E-state index in [2.05, 4.69) is 0 Å². The van der Waals surface area contributed by atoms with Gasteiger partial charge in [-0.1, -0.05) is 19.3 Å². The van der Waals surface area contributed by atoms with Crippen LogP contribution in [0.5, 0.6) is 5.75 Å². The number of ether oxygens (including phenoxy) is 1. The molecule has 2 fully saturated rings. The predicted octanol–water partition coefficient (Wildman–Crippen LogP) is 3.25. The molecule has 0 unspecified atom stereocenters. The van der Waals surface area contributed by atoms with Crippen LogP contribution in [0, 0.1) is 0 Å². The topological polar surface area (TPSA) is 87.2 Å². The van der Waals surface area contributed by atoms with E-state index in [9.17, 15) is 18.0 Å². The number of carbonyl (C=O) groups excluding carboxylic acids is 2. The molecular weight excluding hydrogens is 466 g/mol. The first-order valence-electron chi connectivity index (χ1n) is 12.1. The molecule has 1 saturated heterocycles. The number of benzene rings is 2. The van der Waals surface area contributed by atoms with Gasteiger partial charge in [-0.25, -0.2) is 8.42 Å². The third kappa shape index (κ3) is 5.51. The minimum Gasteiger partial charge on any atom is -0.497 e.